The lowest BCUT2D eigenvalue weighted by Gasteiger charge is -2.35. The monoisotopic (exact) mass is 751 g/mol. The summed E-state index contributed by atoms with van der Waals surface area (Å²) >= 11 is 0. The van der Waals surface area contributed by atoms with E-state index in [1.165, 1.54) is 151 Å². The molecule has 3 atom stereocenters. The van der Waals surface area contributed by atoms with Gasteiger partial charge < -0.3 is 9.80 Å². The molecular formula is C52H70N4. The Bertz CT molecular complexity index is 1750. The molecule has 298 valence electrons. The van der Waals surface area contributed by atoms with Gasteiger partial charge in [-0.05, 0) is 133 Å². The molecule has 2 aromatic heterocycles. The fraction of sp³-hybridized carbons (Fsp3) is 0.500. The highest BCUT2D eigenvalue weighted by molar-refractivity contribution is 5.74. The molecule has 2 aromatic carbocycles. The van der Waals surface area contributed by atoms with E-state index in [9.17, 15) is 0 Å². The lowest BCUT2D eigenvalue weighted by atomic mass is 9.87. The standard InChI is InChI=1S/C52H70N4/c1-4-7-14-46-17-11-10-12-36-55(39-46)49-28-24-42(25-29-49)20-22-44-32-34-53-51(37-44)52-38-45(33-35-54-52)23-21-43-26-30-50(31-27-43)56-40-47(15-8-5-2)18-13-19-48(41-56)16-9-6-3/h20-35,37-38,46-48H,4-19,36,39-41H2,1-3H3/b22-20+,23-21+. The van der Waals surface area contributed by atoms with Crippen LogP contribution in [0.5, 0.6) is 0 Å². The molecule has 2 saturated heterocycles. The average Bonchev–Trinajstić information content (AvgIpc) is 3.22. The summed E-state index contributed by atoms with van der Waals surface area (Å²) in [4.78, 5) is 14.8. The molecule has 4 heteroatoms. The Hall–Kier alpha value is -4.18. The second kappa shape index (κ2) is 22.5. The van der Waals surface area contributed by atoms with E-state index in [1.54, 1.807) is 0 Å². The first-order chi connectivity index (χ1) is 27.6. The van der Waals surface area contributed by atoms with Crippen molar-refractivity contribution in [3.63, 3.8) is 0 Å². The third-order valence-electron chi connectivity index (χ3n) is 12.4. The maximum absolute atomic E-state index is 4.71. The Morgan fingerprint density at radius 2 is 0.911 bits per heavy atom. The third-order valence-corrected chi connectivity index (χ3v) is 12.4. The van der Waals surface area contributed by atoms with Gasteiger partial charge in [0.15, 0.2) is 0 Å². The van der Waals surface area contributed by atoms with Gasteiger partial charge in [0.25, 0.3) is 0 Å². The number of nitrogens with zero attached hydrogens (tertiary/aromatic N) is 4. The number of unbranched alkanes of at least 4 members (excludes halogenated alkanes) is 3. The summed E-state index contributed by atoms with van der Waals surface area (Å²) in [7, 11) is 0. The van der Waals surface area contributed by atoms with Crippen molar-refractivity contribution < 1.29 is 0 Å². The van der Waals surface area contributed by atoms with E-state index in [-0.39, 0.29) is 0 Å². The van der Waals surface area contributed by atoms with Gasteiger partial charge in [-0.2, -0.15) is 0 Å². The van der Waals surface area contributed by atoms with Crippen molar-refractivity contribution in [3.05, 3.63) is 107 Å². The molecular weight excluding hydrogens is 681 g/mol. The van der Waals surface area contributed by atoms with Gasteiger partial charge in [0, 0.05) is 49.9 Å². The SMILES string of the molecule is CCCCC1CCCCCN(c2ccc(/C=C/c3ccnc(-c4cc(/C=C/c5ccc(N6CC(CCCC)CCCC(CCCC)C6)cc5)ccn4)c3)cc2)C1. The molecule has 0 saturated carbocycles. The fourth-order valence-electron chi connectivity index (χ4n) is 8.97. The Morgan fingerprint density at radius 3 is 1.39 bits per heavy atom. The van der Waals surface area contributed by atoms with E-state index < -0.39 is 0 Å². The lowest BCUT2D eigenvalue weighted by molar-refractivity contribution is 0.329. The van der Waals surface area contributed by atoms with Gasteiger partial charge in [0.05, 0.1) is 11.4 Å². The highest BCUT2D eigenvalue weighted by Crippen LogP contribution is 2.31. The van der Waals surface area contributed by atoms with Crippen LogP contribution in [-0.4, -0.2) is 36.1 Å². The molecule has 2 fully saturated rings. The molecule has 4 nitrogen and oxygen atoms in total. The molecule has 4 heterocycles. The fourth-order valence-corrected chi connectivity index (χ4v) is 8.97. The summed E-state index contributed by atoms with van der Waals surface area (Å²) in [6.07, 6.45) is 34.3. The predicted molar refractivity (Wildman–Crippen MR) is 244 cm³/mol. The number of hydrogen-bond donors (Lipinski definition) is 0. The van der Waals surface area contributed by atoms with Gasteiger partial charge in [-0.25, -0.2) is 0 Å². The highest BCUT2D eigenvalue weighted by Gasteiger charge is 2.22. The maximum Gasteiger partial charge on any atom is 0.0892 e. The van der Waals surface area contributed by atoms with Crippen molar-refractivity contribution in [1.82, 2.24) is 9.97 Å². The van der Waals surface area contributed by atoms with Crippen LogP contribution < -0.4 is 9.80 Å². The van der Waals surface area contributed by atoms with E-state index in [4.69, 9.17) is 9.97 Å². The summed E-state index contributed by atoms with van der Waals surface area (Å²) in [6, 6.07) is 26.9. The number of rotatable bonds is 16. The highest BCUT2D eigenvalue weighted by atomic mass is 15.1. The first-order valence-electron chi connectivity index (χ1n) is 22.6. The van der Waals surface area contributed by atoms with E-state index in [1.807, 2.05) is 12.4 Å². The summed E-state index contributed by atoms with van der Waals surface area (Å²) in [5.74, 6) is 2.45. The minimum atomic E-state index is 0.813. The summed E-state index contributed by atoms with van der Waals surface area (Å²) in [5.41, 5.74) is 9.21. The number of aromatic nitrogens is 2. The molecule has 6 rings (SSSR count). The second-order valence-corrected chi connectivity index (χ2v) is 17.0. The van der Waals surface area contributed by atoms with Crippen LogP contribution >= 0.6 is 0 Å². The maximum atomic E-state index is 4.71. The van der Waals surface area contributed by atoms with Gasteiger partial charge in [-0.1, -0.05) is 127 Å². The molecule has 2 aliphatic heterocycles. The Balaban J connectivity index is 1.08. The summed E-state index contributed by atoms with van der Waals surface area (Å²) in [5, 5.41) is 0. The molecule has 0 aliphatic carbocycles. The van der Waals surface area contributed by atoms with Crippen LogP contribution in [0.25, 0.3) is 35.7 Å². The number of hydrogen-bond acceptors (Lipinski definition) is 4. The van der Waals surface area contributed by atoms with Crippen LogP contribution in [0.1, 0.15) is 146 Å². The van der Waals surface area contributed by atoms with Crippen molar-refractivity contribution in [2.45, 2.75) is 124 Å². The average molecular weight is 751 g/mol. The molecule has 2 aliphatic rings. The van der Waals surface area contributed by atoms with Crippen molar-refractivity contribution in [2.75, 3.05) is 36.0 Å². The third kappa shape index (κ3) is 12.9. The zero-order chi connectivity index (χ0) is 38.8. The summed E-state index contributed by atoms with van der Waals surface area (Å²) in [6.45, 7) is 11.7. The molecule has 0 N–H and O–H groups in total. The van der Waals surface area contributed by atoms with Crippen LogP contribution in [0, 0.1) is 17.8 Å². The van der Waals surface area contributed by atoms with Gasteiger partial charge in [-0.15, -0.1) is 0 Å². The minimum Gasteiger partial charge on any atom is -0.371 e. The van der Waals surface area contributed by atoms with Gasteiger partial charge in [-0.3, -0.25) is 9.97 Å². The van der Waals surface area contributed by atoms with Crippen LogP contribution in [0.2, 0.25) is 0 Å². The Kier molecular flexibility index (Phi) is 16.7. The molecule has 56 heavy (non-hydrogen) atoms. The zero-order valence-electron chi connectivity index (χ0n) is 35.1. The Morgan fingerprint density at radius 1 is 0.482 bits per heavy atom. The van der Waals surface area contributed by atoms with E-state index in [2.05, 4.69) is 128 Å². The minimum absolute atomic E-state index is 0.813. The van der Waals surface area contributed by atoms with Crippen LogP contribution in [0.4, 0.5) is 11.4 Å². The first-order valence-corrected chi connectivity index (χ1v) is 22.6. The Labute approximate surface area is 340 Å². The first kappa shape index (κ1) is 41.5. The largest absolute Gasteiger partial charge is 0.371 e. The van der Waals surface area contributed by atoms with Gasteiger partial charge >= 0.3 is 0 Å². The number of anilines is 2. The van der Waals surface area contributed by atoms with Crippen molar-refractivity contribution in [2.24, 2.45) is 17.8 Å². The van der Waals surface area contributed by atoms with E-state index in [0.29, 0.717) is 0 Å². The van der Waals surface area contributed by atoms with Gasteiger partial charge in [0.2, 0.25) is 0 Å². The van der Waals surface area contributed by atoms with Crippen molar-refractivity contribution >= 4 is 35.7 Å². The van der Waals surface area contributed by atoms with Crippen molar-refractivity contribution in [1.29, 1.82) is 0 Å². The van der Waals surface area contributed by atoms with Crippen LogP contribution in [-0.2, 0) is 0 Å². The smallest absolute Gasteiger partial charge is 0.0892 e. The lowest BCUT2D eigenvalue weighted by Crippen LogP contribution is -2.36. The van der Waals surface area contributed by atoms with Gasteiger partial charge in [0.1, 0.15) is 0 Å². The summed E-state index contributed by atoms with van der Waals surface area (Å²) < 4.78 is 0. The molecule has 0 spiro atoms. The van der Waals surface area contributed by atoms with Crippen LogP contribution in [0.3, 0.4) is 0 Å². The second-order valence-electron chi connectivity index (χ2n) is 17.0. The van der Waals surface area contributed by atoms with Crippen molar-refractivity contribution in [3.8, 4) is 11.4 Å². The van der Waals surface area contributed by atoms with E-state index >= 15 is 0 Å². The molecule has 4 aromatic rings. The number of benzene rings is 2. The van der Waals surface area contributed by atoms with E-state index in [0.717, 1.165) is 40.3 Å². The zero-order valence-corrected chi connectivity index (χ0v) is 35.1. The topological polar surface area (TPSA) is 32.3 Å². The number of pyridine rings is 2. The quantitative estimate of drug-likeness (QED) is 0.114. The molecule has 0 amide bonds. The van der Waals surface area contributed by atoms with Crippen LogP contribution in [0.15, 0.2) is 85.2 Å². The molecule has 3 unspecified atom stereocenters. The predicted octanol–water partition coefficient (Wildman–Crippen LogP) is 14.3. The molecule has 0 radical (unpaired) electrons. The molecule has 0 bridgehead atoms. The normalized spacial score (nSPS) is 19.9.